The van der Waals surface area contributed by atoms with Crippen LogP contribution < -0.4 is 5.73 Å². The highest BCUT2D eigenvalue weighted by atomic mass is 35.5. The molecule has 0 spiro atoms. The quantitative estimate of drug-likeness (QED) is 0.810. The van der Waals surface area contributed by atoms with Gasteiger partial charge in [-0.25, -0.2) is 4.39 Å². The Balaban J connectivity index is 2.64. The van der Waals surface area contributed by atoms with Crippen molar-refractivity contribution in [3.8, 4) is 11.1 Å². The number of nitrogen functional groups attached to an aromatic ring is 1. The molecule has 3 nitrogen and oxygen atoms in total. The van der Waals surface area contributed by atoms with Gasteiger partial charge >= 0.3 is 0 Å². The maximum atomic E-state index is 13.7. The molecule has 78 valence electrons. The van der Waals surface area contributed by atoms with E-state index in [2.05, 4.69) is 5.10 Å². The Morgan fingerprint density at radius 1 is 1.40 bits per heavy atom. The number of nitrogens with zero attached hydrogens (tertiary/aromatic N) is 2. The second-order valence-electron chi connectivity index (χ2n) is 3.17. The molecule has 2 N–H and O–H groups in total. The summed E-state index contributed by atoms with van der Waals surface area (Å²) in [4.78, 5) is 0. The number of hydrogen-bond donors (Lipinski definition) is 1. The van der Waals surface area contributed by atoms with Crippen molar-refractivity contribution in [3.05, 3.63) is 35.2 Å². The van der Waals surface area contributed by atoms with Gasteiger partial charge in [-0.05, 0) is 6.07 Å². The first-order valence-electron chi connectivity index (χ1n) is 4.33. The number of hydrogen-bond acceptors (Lipinski definition) is 2. The van der Waals surface area contributed by atoms with Crippen LogP contribution in [-0.4, -0.2) is 9.78 Å². The van der Waals surface area contributed by atoms with Crippen LogP contribution in [0.4, 0.5) is 10.2 Å². The summed E-state index contributed by atoms with van der Waals surface area (Å²) < 4.78 is 15.1. The van der Waals surface area contributed by atoms with Crippen LogP contribution >= 0.6 is 11.6 Å². The lowest BCUT2D eigenvalue weighted by Crippen LogP contribution is -1.98. The molecular formula is C10H9ClFN3. The second kappa shape index (κ2) is 3.55. The van der Waals surface area contributed by atoms with Crippen molar-refractivity contribution in [2.24, 2.45) is 7.05 Å². The number of aryl methyl sites for hydroxylation is 1. The normalized spacial score (nSPS) is 10.6. The lowest BCUT2D eigenvalue weighted by Gasteiger charge is -2.03. The molecule has 0 aliphatic rings. The van der Waals surface area contributed by atoms with Gasteiger partial charge in [-0.1, -0.05) is 23.7 Å². The van der Waals surface area contributed by atoms with Crippen molar-refractivity contribution in [3.63, 3.8) is 0 Å². The number of nitrogens with two attached hydrogens (primary N) is 1. The first-order chi connectivity index (χ1) is 7.11. The summed E-state index contributed by atoms with van der Waals surface area (Å²) >= 11 is 5.68. The van der Waals surface area contributed by atoms with E-state index in [0.717, 1.165) is 0 Å². The van der Waals surface area contributed by atoms with Crippen LogP contribution in [0.3, 0.4) is 0 Å². The fourth-order valence-corrected chi connectivity index (χ4v) is 1.54. The number of rotatable bonds is 1. The van der Waals surface area contributed by atoms with Crippen LogP contribution in [0.25, 0.3) is 11.1 Å². The molecule has 0 saturated heterocycles. The first-order valence-corrected chi connectivity index (χ1v) is 4.71. The van der Waals surface area contributed by atoms with Crippen molar-refractivity contribution in [1.82, 2.24) is 9.78 Å². The fourth-order valence-electron chi connectivity index (χ4n) is 1.37. The highest BCUT2D eigenvalue weighted by molar-refractivity contribution is 6.31. The van der Waals surface area contributed by atoms with Gasteiger partial charge in [0.1, 0.15) is 11.6 Å². The fraction of sp³-hybridized carbons (Fsp3) is 0.100. The van der Waals surface area contributed by atoms with Gasteiger partial charge in [-0.2, -0.15) is 5.10 Å². The first kappa shape index (κ1) is 9.98. The zero-order chi connectivity index (χ0) is 11.0. The molecule has 0 radical (unpaired) electrons. The molecule has 15 heavy (non-hydrogen) atoms. The molecule has 1 aromatic carbocycles. The van der Waals surface area contributed by atoms with E-state index < -0.39 is 5.82 Å². The molecule has 0 unspecified atom stereocenters. The number of anilines is 1. The highest BCUT2D eigenvalue weighted by Crippen LogP contribution is 2.30. The van der Waals surface area contributed by atoms with E-state index in [1.807, 2.05) is 0 Å². The minimum absolute atomic E-state index is 0.0794. The summed E-state index contributed by atoms with van der Waals surface area (Å²) in [5.41, 5.74) is 6.67. The molecule has 2 aromatic rings. The summed E-state index contributed by atoms with van der Waals surface area (Å²) in [5, 5.41) is 4.02. The van der Waals surface area contributed by atoms with Gasteiger partial charge < -0.3 is 5.73 Å². The third-order valence-corrected chi connectivity index (χ3v) is 2.52. The standard InChI is InChI=1S/C10H9ClFN3/c1-15-10(13)7(5-14-15)6-3-2-4-8(11)9(6)12/h2-5H,13H2,1H3. The molecule has 1 heterocycles. The summed E-state index contributed by atoms with van der Waals surface area (Å²) in [5.74, 6) is -0.0602. The Hall–Kier alpha value is -1.55. The molecule has 0 amide bonds. The van der Waals surface area contributed by atoms with Crippen LogP contribution in [0.5, 0.6) is 0 Å². The number of aromatic nitrogens is 2. The van der Waals surface area contributed by atoms with Crippen LogP contribution in [-0.2, 0) is 7.05 Å². The topological polar surface area (TPSA) is 43.8 Å². The van der Waals surface area contributed by atoms with Crippen molar-refractivity contribution >= 4 is 17.4 Å². The Morgan fingerprint density at radius 3 is 2.73 bits per heavy atom. The van der Waals surface area contributed by atoms with E-state index in [1.54, 1.807) is 19.2 Å². The molecule has 5 heteroatoms. The Kier molecular flexibility index (Phi) is 2.36. The van der Waals surface area contributed by atoms with Gasteiger partial charge in [-0.15, -0.1) is 0 Å². The van der Waals surface area contributed by atoms with Crippen LogP contribution in [0.1, 0.15) is 0 Å². The van der Waals surface area contributed by atoms with Gasteiger partial charge in [0.25, 0.3) is 0 Å². The van der Waals surface area contributed by atoms with Crippen LogP contribution in [0.15, 0.2) is 24.4 Å². The molecule has 0 saturated carbocycles. The Bertz CT molecular complexity index is 507. The summed E-state index contributed by atoms with van der Waals surface area (Å²) in [6.07, 6.45) is 1.52. The van der Waals surface area contributed by atoms with E-state index in [-0.39, 0.29) is 5.02 Å². The average molecular weight is 226 g/mol. The predicted molar refractivity (Wildman–Crippen MR) is 58.0 cm³/mol. The summed E-state index contributed by atoms with van der Waals surface area (Å²) in [6, 6.07) is 4.79. The van der Waals surface area contributed by atoms with Gasteiger partial charge in [0, 0.05) is 18.2 Å². The summed E-state index contributed by atoms with van der Waals surface area (Å²) in [6.45, 7) is 0. The monoisotopic (exact) mass is 225 g/mol. The third-order valence-electron chi connectivity index (χ3n) is 2.23. The molecule has 0 aliphatic heterocycles. The second-order valence-corrected chi connectivity index (χ2v) is 3.58. The summed E-state index contributed by atoms with van der Waals surface area (Å²) in [7, 11) is 1.70. The molecule has 0 atom stereocenters. The minimum Gasteiger partial charge on any atom is -0.383 e. The molecule has 2 rings (SSSR count). The SMILES string of the molecule is Cn1ncc(-c2cccc(Cl)c2F)c1N. The third kappa shape index (κ3) is 1.57. The molecule has 0 fully saturated rings. The van der Waals surface area contributed by atoms with Crippen molar-refractivity contribution < 1.29 is 4.39 Å². The van der Waals surface area contributed by atoms with Gasteiger partial charge in [0.2, 0.25) is 0 Å². The van der Waals surface area contributed by atoms with Crippen molar-refractivity contribution in [1.29, 1.82) is 0 Å². The average Bonchev–Trinajstić information content (AvgIpc) is 2.53. The molecular weight excluding hydrogens is 217 g/mol. The largest absolute Gasteiger partial charge is 0.383 e. The van der Waals surface area contributed by atoms with Gasteiger partial charge in [0.05, 0.1) is 11.2 Å². The predicted octanol–water partition coefficient (Wildman–Crippen LogP) is 2.46. The van der Waals surface area contributed by atoms with Crippen molar-refractivity contribution in [2.75, 3.05) is 5.73 Å². The lowest BCUT2D eigenvalue weighted by molar-refractivity contribution is 0.632. The maximum Gasteiger partial charge on any atom is 0.149 e. The maximum absolute atomic E-state index is 13.7. The van der Waals surface area contributed by atoms with E-state index >= 15 is 0 Å². The number of halogens is 2. The molecule has 0 aliphatic carbocycles. The Morgan fingerprint density at radius 2 is 2.13 bits per heavy atom. The zero-order valence-electron chi connectivity index (χ0n) is 8.04. The Labute approximate surface area is 91.3 Å². The van der Waals surface area contributed by atoms with Gasteiger partial charge in [0.15, 0.2) is 0 Å². The lowest BCUT2D eigenvalue weighted by atomic mass is 10.1. The van der Waals surface area contributed by atoms with Crippen molar-refractivity contribution in [2.45, 2.75) is 0 Å². The van der Waals surface area contributed by atoms with Crippen LogP contribution in [0, 0.1) is 5.82 Å². The van der Waals surface area contributed by atoms with E-state index in [9.17, 15) is 4.39 Å². The van der Waals surface area contributed by atoms with Gasteiger partial charge in [-0.3, -0.25) is 4.68 Å². The zero-order valence-corrected chi connectivity index (χ0v) is 8.79. The van der Waals surface area contributed by atoms with E-state index in [0.29, 0.717) is 16.9 Å². The smallest absolute Gasteiger partial charge is 0.149 e. The molecule has 0 bridgehead atoms. The van der Waals surface area contributed by atoms with E-state index in [1.165, 1.54) is 16.9 Å². The minimum atomic E-state index is -0.473. The van der Waals surface area contributed by atoms with Crippen LogP contribution in [0.2, 0.25) is 5.02 Å². The highest BCUT2D eigenvalue weighted by Gasteiger charge is 2.13. The molecule has 1 aromatic heterocycles. The van der Waals surface area contributed by atoms with E-state index in [4.69, 9.17) is 17.3 Å². The number of benzene rings is 1.